The number of nitrogens with zero attached hydrogens (tertiary/aromatic N) is 4. The first-order chi connectivity index (χ1) is 10.9. The largest absolute Gasteiger partial charge is 0.383 e. The molecule has 1 aromatic carbocycles. The van der Waals surface area contributed by atoms with E-state index in [1.54, 1.807) is 16.9 Å². The molecule has 0 unspecified atom stereocenters. The van der Waals surface area contributed by atoms with Gasteiger partial charge < -0.3 is 5.73 Å². The standard InChI is InChI=1S/C15H15N5O2S/c1-23(21,22)15-17-8-7-13(19-15)12-9-18-20(14(12)16)10-11-5-3-2-4-6-11/h2-9H,10,16H2,1H3. The summed E-state index contributed by atoms with van der Waals surface area (Å²) in [6.07, 6.45) is 4.04. The summed E-state index contributed by atoms with van der Waals surface area (Å²) in [4.78, 5) is 7.84. The van der Waals surface area contributed by atoms with E-state index in [0.717, 1.165) is 11.8 Å². The monoisotopic (exact) mass is 329 g/mol. The average Bonchev–Trinajstić information content (AvgIpc) is 2.89. The van der Waals surface area contributed by atoms with Crippen LogP contribution in [0.5, 0.6) is 0 Å². The van der Waals surface area contributed by atoms with Crippen LogP contribution in [-0.4, -0.2) is 34.4 Å². The van der Waals surface area contributed by atoms with Gasteiger partial charge in [0.15, 0.2) is 0 Å². The van der Waals surface area contributed by atoms with Crippen LogP contribution >= 0.6 is 0 Å². The molecule has 8 heteroatoms. The second kappa shape index (κ2) is 5.81. The van der Waals surface area contributed by atoms with Crippen molar-refractivity contribution in [2.24, 2.45) is 0 Å². The lowest BCUT2D eigenvalue weighted by molar-refractivity contribution is 0.593. The van der Waals surface area contributed by atoms with E-state index < -0.39 is 9.84 Å². The smallest absolute Gasteiger partial charge is 0.247 e. The van der Waals surface area contributed by atoms with Gasteiger partial charge in [0.2, 0.25) is 15.0 Å². The molecule has 0 saturated carbocycles. The summed E-state index contributed by atoms with van der Waals surface area (Å²) in [5.41, 5.74) is 8.20. The van der Waals surface area contributed by atoms with Crippen LogP contribution in [0.4, 0.5) is 5.82 Å². The highest BCUT2D eigenvalue weighted by molar-refractivity contribution is 7.90. The Bertz CT molecular complexity index is 936. The first-order valence-electron chi connectivity index (χ1n) is 6.84. The van der Waals surface area contributed by atoms with Crippen LogP contribution in [0.3, 0.4) is 0 Å². The Morgan fingerprint density at radius 2 is 1.91 bits per heavy atom. The fraction of sp³-hybridized carbons (Fsp3) is 0.133. The molecule has 0 atom stereocenters. The molecular weight excluding hydrogens is 314 g/mol. The topological polar surface area (TPSA) is 104 Å². The molecule has 0 fully saturated rings. The minimum absolute atomic E-state index is 0.231. The van der Waals surface area contributed by atoms with E-state index in [-0.39, 0.29) is 5.16 Å². The van der Waals surface area contributed by atoms with Gasteiger partial charge in [-0.25, -0.2) is 23.1 Å². The number of anilines is 1. The number of hydrogen-bond acceptors (Lipinski definition) is 6. The van der Waals surface area contributed by atoms with Crippen molar-refractivity contribution in [3.05, 3.63) is 54.4 Å². The third-order valence-corrected chi connectivity index (χ3v) is 4.16. The quantitative estimate of drug-likeness (QED) is 0.725. The molecule has 0 bridgehead atoms. The highest BCUT2D eigenvalue weighted by Crippen LogP contribution is 2.24. The van der Waals surface area contributed by atoms with E-state index in [2.05, 4.69) is 15.1 Å². The molecule has 118 valence electrons. The first-order valence-corrected chi connectivity index (χ1v) is 8.73. The van der Waals surface area contributed by atoms with Crippen molar-refractivity contribution in [2.45, 2.75) is 11.7 Å². The second-order valence-corrected chi connectivity index (χ2v) is 6.99. The lowest BCUT2D eigenvalue weighted by Crippen LogP contribution is -2.07. The van der Waals surface area contributed by atoms with E-state index in [1.807, 2.05) is 30.3 Å². The molecule has 3 aromatic rings. The fourth-order valence-electron chi connectivity index (χ4n) is 2.14. The highest BCUT2D eigenvalue weighted by atomic mass is 32.2. The van der Waals surface area contributed by atoms with Crippen molar-refractivity contribution in [1.82, 2.24) is 19.7 Å². The first kappa shape index (κ1) is 15.2. The molecule has 2 aromatic heterocycles. The summed E-state index contributed by atoms with van der Waals surface area (Å²) < 4.78 is 24.8. The molecule has 0 aliphatic carbocycles. The predicted molar refractivity (Wildman–Crippen MR) is 86.3 cm³/mol. The van der Waals surface area contributed by atoms with E-state index in [4.69, 9.17) is 5.73 Å². The normalized spacial score (nSPS) is 11.5. The van der Waals surface area contributed by atoms with Gasteiger partial charge in [0.05, 0.1) is 24.0 Å². The van der Waals surface area contributed by atoms with Gasteiger partial charge in [-0.15, -0.1) is 0 Å². The molecule has 0 aliphatic heterocycles. The van der Waals surface area contributed by atoms with E-state index >= 15 is 0 Å². The molecule has 23 heavy (non-hydrogen) atoms. The van der Waals surface area contributed by atoms with Gasteiger partial charge in [0.25, 0.3) is 0 Å². The van der Waals surface area contributed by atoms with Crippen molar-refractivity contribution in [2.75, 3.05) is 12.0 Å². The maximum atomic E-state index is 11.6. The lowest BCUT2D eigenvalue weighted by Gasteiger charge is -2.06. The fourth-order valence-corrected chi connectivity index (χ4v) is 2.66. The summed E-state index contributed by atoms with van der Waals surface area (Å²) in [6, 6.07) is 11.4. The summed E-state index contributed by atoms with van der Waals surface area (Å²) in [5, 5.41) is 4.03. The zero-order chi connectivity index (χ0) is 16.4. The summed E-state index contributed by atoms with van der Waals surface area (Å²) in [7, 11) is -3.48. The molecule has 3 rings (SSSR count). The molecule has 2 N–H and O–H groups in total. The minimum atomic E-state index is -3.48. The average molecular weight is 329 g/mol. The van der Waals surface area contributed by atoms with Crippen LogP contribution in [0.25, 0.3) is 11.3 Å². The van der Waals surface area contributed by atoms with Crippen molar-refractivity contribution < 1.29 is 8.42 Å². The maximum absolute atomic E-state index is 11.6. The molecule has 0 radical (unpaired) electrons. The van der Waals surface area contributed by atoms with E-state index in [0.29, 0.717) is 23.6 Å². The number of rotatable bonds is 4. The zero-order valence-electron chi connectivity index (χ0n) is 12.4. The summed E-state index contributed by atoms with van der Waals surface area (Å²) >= 11 is 0. The Morgan fingerprint density at radius 3 is 2.61 bits per heavy atom. The number of sulfone groups is 1. The van der Waals surface area contributed by atoms with E-state index in [9.17, 15) is 8.42 Å². The lowest BCUT2D eigenvalue weighted by atomic mass is 10.2. The van der Waals surface area contributed by atoms with Crippen LogP contribution in [0.1, 0.15) is 5.56 Å². The molecular formula is C15H15N5O2S. The van der Waals surface area contributed by atoms with Gasteiger partial charge >= 0.3 is 0 Å². The Labute approximate surface area is 133 Å². The molecule has 0 amide bonds. The molecule has 0 spiro atoms. The number of nitrogen functional groups attached to an aromatic ring is 1. The SMILES string of the molecule is CS(=O)(=O)c1nccc(-c2cnn(Cc3ccccc3)c2N)n1. The molecule has 0 aliphatic rings. The Balaban J connectivity index is 1.96. The molecule has 7 nitrogen and oxygen atoms in total. The van der Waals surface area contributed by atoms with Gasteiger partial charge in [0, 0.05) is 12.5 Å². The van der Waals surface area contributed by atoms with Crippen LogP contribution < -0.4 is 5.73 Å². The van der Waals surface area contributed by atoms with Crippen LogP contribution in [0.15, 0.2) is 53.9 Å². The Kier molecular flexibility index (Phi) is 3.83. The van der Waals surface area contributed by atoms with Gasteiger partial charge in [0.1, 0.15) is 5.82 Å². The van der Waals surface area contributed by atoms with Crippen molar-refractivity contribution in [3.8, 4) is 11.3 Å². The van der Waals surface area contributed by atoms with Gasteiger partial charge in [-0.2, -0.15) is 5.10 Å². The summed E-state index contributed by atoms with van der Waals surface area (Å²) in [6.45, 7) is 0.524. The van der Waals surface area contributed by atoms with Crippen LogP contribution in [0, 0.1) is 0 Å². The number of hydrogen-bond donors (Lipinski definition) is 1. The third-order valence-electron chi connectivity index (χ3n) is 3.30. The van der Waals surface area contributed by atoms with Gasteiger partial charge in [-0.3, -0.25) is 0 Å². The minimum Gasteiger partial charge on any atom is -0.383 e. The van der Waals surface area contributed by atoms with Crippen LogP contribution in [0.2, 0.25) is 0 Å². The van der Waals surface area contributed by atoms with Gasteiger partial charge in [-0.05, 0) is 11.6 Å². The van der Waals surface area contributed by atoms with Crippen molar-refractivity contribution >= 4 is 15.7 Å². The van der Waals surface area contributed by atoms with Crippen molar-refractivity contribution in [1.29, 1.82) is 0 Å². The molecule has 2 heterocycles. The second-order valence-electron chi connectivity index (χ2n) is 5.08. The number of nitrogens with two attached hydrogens (primary N) is 1. The molecule has 0 saturated heterocycles. The number of aromatic nitrogens is 4. The predicted octanol–water partition coefficient (Wildman–Crippen LogP) is 1.37. The van der Waals surface area contributed by atoms with Crippen molar-refractivity contribution in [3.63, 3.8) is 0 Å². The van der Waals surface area contributed by atoms with Crippen LogP contribution in [-0.2, 0) is 16.4 Å². The number of benzene rings is 1. The van der Waals surface area contributed by atoms with Gasteiger partial charge in [-0.1, -0.05) is 30.3 Å². The zero-order valence-corrected chi connectivity index (χ0v) is 13.2. The Hall–Kier alpha value is -2.74. The maximum Gasteiger partial charge on any atom is 0.247 e. The van der Waals surface area contributed by atoms with E-state index in [1.165, 1.54) is 6.20 Å². The Morgan fingerprint density at radius 1 is 1.17 bits per heavy atom. The summed E-state index contributed by atoms with van der Waals surface area (Å²) in [5.74, 6) is 0.423. The highest BCUT2D eigenvalue weighted by Gasteiger charge is 2.15. The third kappa shape index (κ3) is 3.21.